The lowest BCUT2D eigenvalue weighted by Gasteiger charge is -2.04. The van der Waals surface area contributed by atoms with E-state index in [4.69, 9.17) is 5.26 Å². The number of rotatable bonds is 3. The first-order chi connectivity index (χ1) is 13.3. The van der Waals surface area contributed by atoms with Crippen LogP contribution in [-0.4, -0.2) is 15.0 Å². The van der Waals surface area contributed by atoms with Crippen molar-refractivity contribution in [1.82, 2.24) is 15.0 Å². The molecule has 27 heavy (non-hydrogen) atoms. The van der Waals surface area contributed by atoms with Gasteiger partial charge < -0.3 is 0 Å². The summed E-state index contributed by atoms with van der Waals surface area (Å²) in [5.74, 6) is 0. The lowest BCUT2D eigenvalue weighted by atomic mass is 10.1. The molecule has 1 aromatic carbocycles. The first-order valence-corrected chi connectivity index (χ1v) is 8.96. The van der Waals surface area contributed by atoms with Crippen LogP contribution in [-0.2, 0) is 0 Å². The van der Waals surface area contributed by atoms with Crippen molar-refractivity contribution in [3.8, 4) is 45.4 Å². The fraction of sp³-hybridized carbons (Fsp3) is 0. The second kappa shape index (κ2) is 7.17. The molecule has 6 heteroatoms. The minimum Gasteiger partial charge on any atom is -0.235 e. The van der Waals surface area contributed by atoms with Crippen molar-refractivity contribution in [3.63, 3.8) is 0 Å². The van der Waals surface area contributed by atoms with Gasteiger partial charge in [0.2, 0.25) is 0 Å². The third kappa shape index (κ3) is 3.43. The quantitative estimate of drug-likeness (QED) is 0.526. The Bertz CT molecular complexity index is 1200. The van der Waals surface area contributed by atoms with E-state index in [-0.39, 0.29) is 0 Å². The molecular weight excluding hydrogens is 354 g/mol. The molecule has 0 amide bonds. The summed E-state index contributed by atoms with van der Waals surface area (Å²) in [7, 11) is 0. The third-order valence-corrected chi connectivity index (χ3v) is 4.76. The molecule has 0 radical (unpaired) electrons. The average molecular weight is 365 g/mol. The summed E-state index contributed by atoms with van der Waals surface area (Å²) in [5, 5.41) is 20.9. The number of hydrogen-bond acceptors (Lipinski definition) is 6. The molecule has 0 fully saturated rings. The normalized spacial score (nSPS) is 10.1. The number of nitrogens with zero attached hydrogens (tertiary/aromatic N) is 5. The Kier molecular flexibility index (Phi) is 4.40. The Morgan fingerprint density at radius 1 is 0.667 bits per heavy atom. The van der Waals surface area contributed by atoms with Crippen LogP contribution < -0.4 is 0 Å². The Morgan fingerprint density at radius 2 is 1.44 bits per heavy atom. The van der Waals surface area contributed by atoms with Crippen LogP contribution in [0.1, 0.15) is 11.4 Å². The number of nitriles is 2. The number of thiazole rings is 1. The highest BCUT2D eigenvalue weighted by Gasteiger charge is 2.12. The van der Waals surface area contributed by atoms with Crippen LogP contribution >= 0.6 is 11.3 Å². The first-order valence-electron chi connectivity index (χ1n) is 8.08. The van der Waals surface area contributed by atoms with Crippen LogP contribution in [0.15, 0.2) is 66.0 Å². The van der Waals surface area contributed by atoms with E-state index in [1.54, 1.807) is 18.2 Å². The first kappa shape index (κ1) is 16.6. The number of hydrogen-bond donors (Lipinski definition) is 0. The molecule has 0 aliphatic heterocycles. The topological polar surface area (TPSA) is 86.2 Å². The smallest absolute Gasteiger partial charge is 0.142 e. The predicted molar refractivity (Wildman–Crippen MR) is 103 cm³/mol. The van der Waals surface area contributed by atoms with E-state index in [0.29, 0.717) is 33.5 Å². The van der Waals surface area contributed by atoms with Crippen LogP contribution in [0.3, 0.4) is 0 Å². The Morgan fingerprint density at radius 3 is 2.22 bits per heavy atom. The van der Waals surface area contributed by atoms with Crippen molar-refractivity contribution in [2.45, 2.75) is 0 Å². The van der Waals surface area contributed by atoms with Gasteiger partial charge in [0.15, 0.2) is 0 Å². The van der Waals surface area contributed by atoms with Crippen molar-refractivity contribution in [1.29, 1.82) is 10.5 Å². The van der Waals surface area contributed by atoms with E-state index in [0.717, 1.165) is 11.1 Å². The van der Waals surface area contributed by atoms with Gasteiger partial charge in [-0.15, -0.1) is 11.3 Å². The molecule has 4 rings (SSSR count). The van der Waals surface area contributed by atoms with Crippen LogP contribution in [0, 0.1) is 22.7 Å². The summed E-state index contributed by atoms with van der Waals surface area (Å²) >= 11 is 1.43. The Balaban J connectivity index is 1.77. The van der Waals surface area contributed by atoms with Gasteiger partial charge in [-0.25, -0.2) is 15.0 Å². The molecule has 0 aliphatic carbocycles. The maximum absolute atomic E-state index is 9.35. The Hall–Kier alpha value is -3.87. The van der Waals surface area contributed by atoms with Gasteiger partial charge in [0.1, 0.15) is 39.9 Å². The summed E-state index contributed by atoms with van der Waals surface area (Å²) in [6, 6.07) is 22.9. The summed E-state index contributed by atoms with van der Waals surface area (Å²) in [5.41, 5.74) is 4.57. The van der Waals surface area contributed by atoms with Gasteiger partial charge in [-0.2, -0.15) is 10.5 Å². The summed E-state index contributed by atoms with van der Waals surface area (Å²) in [6.07, 6.45) is 0. The molecule has 0 saturated heterocycles. The van der Waals surface area contributed by atoms with Crippen LogP contribution in [0.2, 0.25) is 0 Å². The number of benzene rings is 1. The molecule has 126 valence electrons. The van der Waals surface area contributed by atoms with E-state index >= 15 is 0 Å². The van der Waals surface area contributed by atoms with Crippen molar-refractivity contribution in [2.24, 2.45) is 0 Å². The molecule has 0 N–H and O–H groups in total. The van der Waals surface area contributed by atoms with Gasteiger partial charge in [0, 0.05) is 5.38 Å². The number of aromatic nitrogens is 3. The summed E-state index contributed by atoms with van der Waals surface area (Å²) in [4.78, 5) is 13.3. The molecule has 0 saturated carbocycles. The highest BCUT2D eigenvalue weighted by molar-refractivity contribution is 7.13. The SMILES string of the molecule is N#Cc1cccc(-c2csc(-c3cc(-c4ccccc4)cc(C#N)n3)n2)n1. The minimum atomic E-state index is 0.340. The second-order valence-electron chi connectivity index (χ2n) is 5.66. The Labute approximate surface area is 159 Å². The van der Waals surface area contributed by atoms with E-state index in [2.05, 4.69) is 21.0 Å². The van der Waals surface area contributed by atoms with E-state index in [1.807, 2.05) is 53.9 Å². The van der Waals surface area contributed by atoms with E-state index in [1.165, 1.54) is 11.3 Å². The summed E-state index contributed by atoms with van der Waals surface area (Å²) < 4.78 is 0. The average Bonchev–Trinajstić information content (AvgIpc) is 3.24. The largest absolute Gasteiger partial charge is 0.235 e. The van der Waals surface area contributed by atoms with Gasteiger partial charge in [-0.05, 0) is 35.4 Å². The third-order valence-electron chi connectivity index (χ3n) is 3.90. The predicted octanol–water partition coefficient (Wildman–Crippen LogP) is 4.68. The maximum atomic E-state index is 9.35. The zero-order valence-corrected chi connectivity index (χ0v) is 14.8. The molecule has 4 aromatic rings. The second-order valence-corrected chi connectivity index (χ2v) is 6.52. The van der Waals surface area contributed by atoms with Crippen molar-refractivity contribution in [3.05, 3.63) is 77.4 Å². The van der Waals surface area contributed by atoms with Gasteiger partial charge in [0.05, 0.1) is 5.69 Å². The van der Waals surface area contributed by atoms with E-state index < -0.39 is 0 Å². The van der Waals surface area contributed by atoms with Crippen molar-refractivity contribution >= 4 is 11.3 Å². The fourth-order valence-electron chi connectivity index (χ4n) is 2.64. The number of pyridine rings is 2. The maximum Gasteiger partial charge on any atom is 0.142 e. The molecule has 0 unspecified atom stereocenters. The zero-order valence-electron chi connectivity index (χ0n) is 14.0. The van der Waals surface area contributed by atoms with Crippen LogP contribution in [0.5, 0.6) is 0 Å². The van der Waals surface area contributed by atoms with Gasteiger partial charge >= 0.3 is 0 Å². The van der Waals surface area contributed by atoms with Gasteiger partial charge in [-0.1, -0.05) is 36.4 Å². The van der Waals surface area contributed by atoms with Crippen molar-refractivity contribution in [2.75, 3.05) is 0 Å². The lowest BCUT2D eigenvalue weighted by molar-refractivity contribution is 1.22. The molecular formula is C21H11N5S. The lowest BCUT2D eigenvalue weighted by Crippen LogP contribution is -1.91. The summed E-state index contributed by atoms with van der Waals surface area (Å²) in [6.45, 7) is 0. The molecule has 0 bridgehead atoms. The van der Waals surface area contributed by atoms with Crippen molar-refractivity contribution < 1.29 is 0 Å². The molecule has 0 atom stereocenters. The highest BCUT2D eigenvalue weighted by atomic mass is 32.1. The van der Waals surface area contributed by atoms with Crippen LogP contribution in [0.4, 0.5) is 0 Å². The van der Waals surface area contributed by atoms with E-state index in [9.17, 15) is 5.26 Å². The molecule has 3 aromatic heterocycles. The molecule has 3 heterocycles. The molecule has 0 aliphatic rings. The monoisotopic (exact) mass is 365 g/mol. The zero-order chi connectivity index (χ0) is 18.6. The van der Waals surface area contributed by atoms with Gasteiger partial charge in [-0.3, -0.25) is 0 Å². The molecule has 5 nitrogen and oxygen atoms in total. The van der Waals surface area contributed by atoms with Crippen LogP contribution in [0.25, 0.3) is 33.2 Å². The standard InChI is InChI=1S/C21H11N5S/c22-11-16-7-4-8-18(24-16)20-13-27-21(26-20)19-10-15(9-17(12-23)25-19)14-5-2-1-3-6-14/h1-10,13H. The molecule has 0 spiro atoms. The fourth-order valence-corrected chi connectivity index (χ4v) is 3.42. The minimum absolute atomic E-state index is 0.340. The van der Waals surface area contributed by atoms with Gasteiger partial charge in [0.25, 0.3) is 0 Å². The highest BCUT2D eigenvalue weighted by Crippen LogP contribution is 2.30.